The molecule has 0 bridgehead atoms. The maximum atomic E-state index is 11.6. The summed E-state index contributed by atoms with van der Waals surface area (Å²) in [7, 11) is 3.32. The predicted octanol–water partition coefficient (Wildman–Crippen LogP) is 3.06. The molecule has 174 valence electrons. The molecule has 1 amide bonds. The van der Waals surface area contributed by atoms with Crippen molar-refractivity contribution in [3.05, 3.63) is 23.9 Å². The lowest BCUT2D eigenvalue weighted by Gasteiger charge is -2.12. The van der Waals surface area contributed by atoms with Crippen LogP contribution in [0.5, 0.6) is 11.5 Å². The van der Waals surface area contributed by atoms with E-state index in [-0.39, 0.29) is 35.8 Å². The first kappa shape index (κ1) is 26.9. The van der Waals surface area contributed by atoms with Gasteiger partial charge >= 0.3 is 0 Å². The van der Waals surface area contributed by atoms with Gasteiger partial charge in [-0.1, -0.05) is 13.8 Å². The smallest absolute Gasteiger partial charge is 0.222 e. The number of hydrogen-bond donors (Lipinski definition) is 4. The minimum Gasteiger partial charge on any atom is -0.497 e. The molecule has 0 atom stereocenters. The average molecular weight is 545 g/mol. The Morgan fingerprint density at radius 3 is 2.48 bits per heavy atom. The molecule has 1 heterocycles. The van der Waals surface area contributed by atoms with Crippen LogP contribution in [0.15, 0.2) is 23.2 Å². The fourth-order valence-electron chi connectivity index (χ4n) is 3.03. The number of nitrogens with one attached hydrogen (secondary N) is 4. The van der Waals surface area contributed by atoms with Crippen LogP contribution in [-0.2, 0) is 11.2 Å². The highest BCUT2D eigenvalue weighted by Gasteiger charge is 2.09. The van der Waals surface area contributed by atoms with Gasteiger partial charge in [-0.2, -0.15) is 0 Å². The summed E-state index contributed by atoms with van der Waals surface area (Å²) in [6.07, 6.45) is 1.79. The number of benzene rings is 1. The van der Waals surface area contributed by atoms with Crippen LogP contribution in [0.1, 0.15) is 32.9 Å². The van der Waals surface area contributed by atoms with Crippen LogP contribution >= 0.6 is 24.0 Å². The molecule has 2 rings (SSSR count). The molecule has 9 heteroatoms. The molecular weight excluding hydrogens is 509 g/mol. The zero-order valence-corrected chi connectivity index (χ0v) is 21.5. The van der Waals surface area contributed by atoms with E-state index in [9.17, 15) is 4.79 Å². The Labute approximate surface area is 202 Å². The highest BCUT2D eigenvalue weighted by Crippen LogP contribution is 2.31. The third-order valence-corrected chi connectivity index (χ3v) is 4.64. The van der Waals surface area contributed by atoms with Crippen molar-refractivity contribution in [2.24, 2.45) is 10.9 Å². The van der Waals surface area contributed by atoms with E-state index in [1.165, 1.54) is 0 Å². The van der Waals surface area contributed by atoms with Gasteiger partial charge in [-0.3, -0.25) is 9.79 Å². The number of nitrogens with zero attached hydrogens (tertiary/aromatic N) is 1. The summed E-state index contributed by atoms with van der Waals surface area (Å²) in [5.41, 5.74) is 2.14. The average Bonchev–Trinajstić information content (AvgIpc) is 3.15. The number of aromatic nitrogens is 1. The third kappa shape index (κ3) is 8.47. The standard InChI is InChI=1S/C22H35N5O3.HI/c1-6-23-22(26-11-10-24-21(28)15(2)3)25-9-7-8-16-12-18-19(27-16)13-17(29-4)14-20(18)30-5;/h12-15,27H,6-11H2,1-5H3,(H,24,28)(H2,23,25,26);1H. The van der Waals surface area contributed by atoms with E-state index in [0.29, 0.717) is 19.6 Å². The first-order valence-electron chi connectivity index (χ1n) is 10.5. The Hall–Kier alpha value is -2.17. The van der Waals surface area contributed by atoms with Gasteiger partial charge < -0.3 is 30.4 Å². The molecule has 2 aromatic rings. The van der Waals surface area contributed by atoms with Crippen molar-refractivity contribution in [3.63, 3.8) is 0 Å². The van der Waals surface area contributed by atoms with Crippen LogP contribution in [-0.4, -0.2) is 57.2 Å². The second-order valence-corrected chi connectivity index (χ2v) is 7.32. The lowest BCUT2D eigenvalue weighted by atomic mass is 10.2. The highest BCUT2D eigenvalue weighted by molar-refractivity contribution is 14.0. The minimum atomic E-state index is -0.00222. The Balaban J connectivity index is 0.00000480. The van der Waals surface area contributed by atoms with Crippen molar-refractivity contribution < 1.29 is 14.3 Å². The van der Waals surface area contributed by atoms with Crippen molar-refractivity contribution >= 4 is 46.7 Å². The molecule has 0 radical (unpaired) electrons. The summed E-state index contributed by atoms with van der Waals surface area (Å²) in [4.78, 5) is 19.7. The van der Waals surface area contributed by atoms with Crippen molar-refractivity contribution in [1.82, 2.24) is 20.9 Å². The zero-order valence-electron chi connectivity index (χ0n) is 19.1. The van der Waals surface area contributed by atoms with Gasteiger partial charge in [0, 0.05) is 55.3 Å². The molecule has 1 aromatic carbocycles. The number of hydrogen-bond acceptors (Lipinski definition) is 4. The lowest BCUT2D eigenvalue weighted by Crippen LogP contribution is -2.42. The Bertz CT molecular complexity index is 851. The summed E-state index contributed by atoms with van der Waals surface area (Å²) in [6, 6.07) is 5.99. The third-order valence-electron chi connectivity index (χ3n) is 4.64. The quantitative estimate of drug-likeness (QED) is 0.151. The Morgan fingerprint density at radius 1 is 1.10 bits per heavy atom. The van der Waals surface area contributed by atoms with Gasteiger partial charge in [-0.15, -0.1) is 24.0 Å². The number of carbonyl (C=O) groups excluding carboxylic acids is 1. The van der Waals surface area contributed by atoms with Crippen molar-refractivity contribution in [2.45, 2.75) is 33.6 Å². The molecule has 0 fully saturated rings. The second-order valence-electron chi connectivity index (χ2n) is 7.32. The fourth-order valence-corrected chi connectivity index (χ4v) is 3.03. The number of aromatic amines is 1. The Kier molecular flexibility index (Phi) is 12.1. The number of ether oxygens (including phenoxy) is 2. The maximum Gasteiger partial charge on any atom is 0.222 e. The van der Waals surface area contributed by atoms with Gasteiger partial charge in [0.2, 0.25) is 5.91 Å². The fraction of sp³-hybridized carbons (Fsp3) is 0.545. The Morgan fingerprint density at radius 2 is 1.84 bits per heavy atom. The number of carbonyl (C=O) groups is 1. The summed E-state index contributed by atoms with van der Waals surface area (Å²) in [5, 5.41) is 10.4. The number of aliphatic imine (C=N–C) groups is 1. The number of amides is 1. The van der Waals surface area contributed by atoms with E-state index in [4.69, 9.17) is 9.47 Å². The maximum absolute atomic E-state index is 11.6. The number of methoxy groups -OCH3 is 2. The normalized spacial score (nSPS) is 11.2. The molecule has 0 spiro atoms. The van der Waals surface area contributed by atoms with E-state index < -0.39 is 0 Å². The molecule has 0 aliphatic carbocycles. The van der Waals surface area contributed by atoms with E-state index in [1.54, 1.807) is 14.2 Å². The molecule has 0 saturated heterocycles. The van der Waals surface area contributed by atoms with Crippen molar-refractivity contribution in [1.29, 1.82) is 0 Å². The number of fused-ring (bicyclic) bond motifs is 1. The number of H-pyrrole nitrogens is 1. The van der Waals surface area contributed by atoms with Gasteiger partial charge in [0.15, 0.2) is 5.96 Å². The van der Waals surface area contributed by atoms with Crippen LogP contribution in [0.25, 0.3) is 10.9 Å². The van der Waals surface area contributed by atoms with E-state index in [1.807, 2.05) is 32.9 Å². The van der Waals surface area contributed by atoms with Gasteiger partial charge in [-0.05, 0) is 25.8 Å². The van der Waals surface area contributed by atoms with E-state index in [2.05, 4.69) is 32.0 Å². The number of halogens is 1. The predicted molar refractivity (Wildman–Crippen MR) is 137 cm³/mol. The molecule has 4 N–H and O–H groups in total. The van der Waals surface area contributed by atoms with Crippen LogP contribution < -0.4 is 25.4 Å². The van der Waals surface area contributed by atoms with Crippen LogP contribution in [0.2, 0.25) is 0 Å². The summed E-state index contributed by atoms with van der Waals surface area (Å²) >= 11 is 0. The van der Waals surface area contributed by atoms with Gasteiger partial charge in [0.1, 0.15) is 11.5 Å². The molecule has 8 nitrogen and oxygen atoms in total. The molecule has 31 heavy (non-hydrogen) atoms. The second kappa shape index (κ2) is 14.0. The summed E-state index contributed by atoms with van der Waals surface area (Å²) in [6.45, 7) is 8.49. The molecule has 0 aliphatic heterocycles. The molecule has 0 unspecified atom stereocenters. The molecule has 0 aliphatic rings. The number of guanidine groups is 1. The highest BCUT2D eigenvalue weighted by atomic mass is 127. The summed E-state index contributed by atoms with van der Waals surface area (Å²) < 4.78 is 10.8. The van der Waals surface area contributed by atoms with Gasteiger partial charge in [0.05, 0.1) is 19.7 Å². The number of rotatable bonds is 11. The van der Waals surface area contributed by atoms with Crippen LogP contribution in [0.3, 0.4) is 0 Å². The lowest BCUT2D eigenvalue weighted by molar-refractivity contribution is -0.123. The molecular formula is C22H36IN5O3. The van der Waals surface area contributed by atoms with Crippen LogP contribution in [0.4, 0.5) is 0 Å². The van der Waals surface area contributed by atoms with E-state index >= 15 is 0 Å². The minimum absolute atomic E-state index is 0. The van der Waals surface area contributed by atoms with E-state index in [0.717, 1.165) is 53.4 Å². The van der Waals surface area contributed by atoms with Gasteiger partial charge in [-0.25, -0.2) is 0 Å². The van der Waals surface area contributed by atoms with Crippen molar-refractivity contribution in [2.75, 3.05) is 40.4 Å². The first-order valence-corrected chi connectivity index (χ1v) is 10.5. The summed E-state index contributed by atoms with van der Waals surface area (Å²) in [5.74, 6) is 2.39. The topological polar surface area (TPSA) is 99.8 Å². The molecule has 0 saturated carbocycles. The first-order chi connectivity index (χ1) is 14.5. The SMILES string of the molecule is CCNC(=NCCCc1cc2c(OC)cc(OC)cc2[nH]1)NCCNC(=O)C(C)C.I. The van der Waals surface area contributed by atoms with Gasteiger partial charge in [0.25, 0.3) is 0 Å². The molecule has 1 aromatic heterocycles. The number of aryl methyl sites for hydroxylation is 1. The van der Waals surface area contributed by atoms with Crippen molar-refractivity contribution in [3.8, 4) is 11.5 Å². The monoisotopic (exact) mass is 545 g/mol. The zero-order chi connectivity index (χ0) is 21.9. The largest absolute Gasteiger partial charge is 0.497 e. The van der Waals surface area contributed by atoms with Crippen LogP contribution in [0, 0.1) is 5.92 Å².